The summed E-state index contributed by atoms with van der Waals surface area (Å²) in [5.74, 6) is 0.185. The highest BCUT2D eigenvalue weighted by Crippen LogP contribution is 2.36. The molecule has 1 N–H and O–H groups in total. The Labute approximate surface area is 154 Å². The Morgan fingerprint density at radius 2 is 1.92 bits per heavy atom. The van der Waals surface area contributed by atoms with Crippen molar-refractivity contribution in [2.45, 2.75) is 25.0 Å². The molecule has 1 aromatic carbocycles. The molecule has 0 saturated heterocycles. The van der Waals surface area contributed by atoms with Crippen LogP contribution in [0, 0.1) is 6.92 Å². The molecule has 2 rings (SSSR count). The second-order valence-corrected chi connectivity index (χ2v) is 7.82. The number of carbonyl (C=O) groups excluding carboxylic acids is 2. The third-order valence-corrected chi connectivity index (χ3v) is 5.86. The van der Waals surface area contributed by atoms with Crippen LogP contribution in [0.4, 0.5) is 5.69 Å². The molecule has 0 unspecified atom stereocenters. The number of esters is 1. The van der Waals surface area contributed by atoms with Crippen molar-refractivity contribution in [3.8, 4) is 0 Å². The van der Waals surface area contributed by atoms with E-state index < -0.39 is 0 Å². The number of hydrogen-bond acceptors (Lipinski definition) is 5. The standard InChI is InChI=1S/C17H18ClNO3S2/c1-4-22-16(21)14-10(3)13(17(24-14)23-5-2)15(20)19-12-8-6-11(18)7-9-12/h6-9H,4-5H2,1-3H3,(H,19,20). The lowest BCUT2D eigenvalue weighted by atomic mass is 10.1. The van der Waals surface area contributed by atoms with E-state index in [4.69, 9.17) is 16.3 Å². The Morgan fingerprint density at radius 3 is 2.50 bits per heavy atom. The molecule has 2 aromatic rings. The van der Waals surface area contributed by atoms with E-state index in [1.54, 1.807) is 49.9 Å². The molecule has 0 aliphatic carbocycles. The number of ether oxygens (including phenoxy) is 1. The smallest absolute Gasteiger partial charge is 0.348 e. The molecule has 0 saturated carbocycles. The Morgan fingerprint density at radius 1 is 1.25 bits per heavy atom. The van der Waals surface area contributed by atoms with Crippen molar-refractivity contribution < 1.29 is 14.3 Å². The molecule has 0 aliphatic rings. The van der Waals surface area contributed by atoms with Gasteiger partial charge in [0.25, 0.3) is 5.91 Å². The first kappa shape index (κ1) is 18.8. The van der Waals surface area contributed by atoms with Gasteiger partial charge in [0.15, 0.2) is 0 Å². The van der Waals surface area contributed by atoms with E-state index in [1.807, 2.05) is 6.92 Å². The van der Waals surface area contributed by atoms with Crippen molar-refractivity contribution in [1.29, 1.82) is 0 Å². The second kappa shape index (κ2) is 8.55. The average molecular weight is 384 g/mol. The van der Waals surface area contributed by atoms with E-state index in [9.17, 15) is 9.59 Å². The van der Waals surface area contributed by atoms with Gasteiger partial charge in [0.05, 0.1) is 16.4 Å². The van der Waals surface area contributed by atoms with Gasteiger partial charge in [-0.3, -0.25) is 4.79 Å². The molecule has 0 fully saturated rings. The molecule has 24 heavy (non-hydrogen) atoms. The lowest BCUT2D eigenvalue weighted by molar-refractivity contribution is 0.0531. The van der Waals surface area contributed by atoms with Crippen LogP contribution in [0.3, 0.4) is 0 Å². The summed E-state index contributed by atoms with van der Waals surface area (Å²) < 4.78 is 5.91. The van der Waals surface area contributed by atoms with Gasteiger partial charge in [0.2, 0.25) is 0 Å². The molecular weight excluding hydrogens is 366 g/mol. The highest BCUT2D eigenvalue weighted by molar-refractivity contribution is 8.01. The van der Waals surface area contributed by atoms with Crippen LogP contribution in [0.15, 0.2) is 28.5 Å². The van der Waals surface area contributed by atoms with E-state index in [-0.39, 0.29) is 11.9 Å². The summed E-state index contributed by atoms with van der Waals surface area (Å²) in [7, 11) is 0. The Balaban J connectivity index is 2.34. The number of amides is 1. The minimum Gasteiger partial charge on any atom is -0.462 e. The zero-order valence-corrected chi connectivity index (χ0v) is 16.0. The number of benzene rings is 1. The van der Waals surface area contributed by atoms with E-state index in [0.717, 1.165) is 9.96 Å². The number of thioether (sulfide) groups is 1. The quantitative estimate of drug-likeness (QED) is 0.546. The number of anilines is 1. The molecule has 7 heteroatoms. The molecule has 128 valence electrons. The van der Waals surface area contributed by atoms with Crippen molar-refractivity contribution in [2.75, 3.05) is 17.7 Å². The van der Waals surface area contributed by atoms with Crippen LogP contribution in [-0.2, 0) is 4.74 Å². The number of halogens is 1. The second-order valence-electron chi connectivity index (χ2n) is 4.83. The van der Waals surface area contributed by atoms with E-state index in [2.05, 4.69) is 5.32 Å². The lowest BCUT2D eigenvalue weighted by Crippen LogP contribution is -2.14. The van der Waals surface area contributed by atoms with Crippen molar-refractivity contribution in [2.24, 2.45) is 0 Å². The molecule has 0 atom stereocenters. The van der Waals surface area contributed by atoms with Crippen LogP contribution in [0.1, 0.15) is 39.4 Å². The summed E-state index contributed by atoms with van der Waals surface area (Å²) in [4.78, 5) is 25.3. The molecule has 0 spiro atoms. The van der Waals surface area contributed by atoms with Crippen molar-refractivity contribution in [3.05, 3.63) is 45.3 Å². The van der Waals surface area contributed by atoms with Gasteiger partial charge in [0.1, 0.15) is 4.88 Å². The van der Waals surface area contributed by atoms with Gasteiger partial charge >= 0.3 is 5.97 Å². The molecule has 4 nitrogen and oxygen atoms in total. The predicted octanol–water partition coefficient (Wildman–Crippen LogP) is 5.25. The van der Waals surface area contributed by atoms with E-state index >= 15 is 0 Å². The highest BCUT2D eigenvalue weighted by Gasteiger charge is 2.25. The van der Waals surface area contributed by atoms with Crippen LogP contribution >= 0.6 is 34.7 Å². The summed E-state index contributed by atoms with van der Waals surface area (Å²) in [5.41, 5.74) is 1.84. The van der Waals surface area contributed by atoms with E-state index in [1.165, 1.54) is 11.3 Å². The van der Waals surface area contributed by atoms with Gasteiger partial charge < -0.3 is 10.1 Å². The van der Waals surface area contributed by atoms with Gasteiger partial charge in [-0.1, -0.05) is 18.5 Å². The predicted molar refractivity (Wildman–Crippen MR) is 101 cm³/mol. The largest absolute Gasteiger partial charge is 0.462 e. The fourth-order valence-corrected chi connectivity index (χ4v) is 4.65. The zero-order valence-electron chi connectivity index (χ0n) is 13.6. The van der Waals surface area contributed by atoms with Crippen molar-refractivity contribution in [1.82, 2.24) is 0 Å². The van der Waals surface area contributed by atoms with Gasteiger partial charge in [-0.25, -0.2) is 4.79 Å². The number of thiophene rings is 1. The van der Waals surface area contributed by atoms with Crippen LogP contribution < -0.4 is 5.32 Å². The van der Waals surface area contributed by atoms with Crippen molar-refractivity contribution in [3.63, 3.8) is 0 Å². The minimum absolute atomic E-state index is 0.238. The van der Waals surface area contributed by atoms with Crippen LogP contribution in [0.2, 0.25) is 5.02 Å². The SMILES string of the molecule is CCOC(=O)c1sc(SCC)c(C(=O)Nc2ccc(Cl)cc2)c1C. The molecule has 0 radical (unpaired) electrons. The third kappa shape index (κ3) is 4.32. The Kier molecular flexibility index (Phi) is 6.71. The number of rotatable bonds is 6. The summed E-state index contributed by atoms with van der Waals surface area (Å²) in [6.07, 6.45) is 0. The lowest BCUT2D eigenvalue weighted by Gasteiger charge is -2.07. The van der Waals surface area contributed by atoms with Gasteiger partial charge in [-0.15, -0.1) is 23.1 Å². The Bertz CT molecular complexity index is 741. The maximum atomic E-state index is 12.7. The summed E-state index contributed by atoms with van der Waals surface area (Å²) in [6, 6.07) is 6.90. The first-order chi connectivity index (χ1) is 11.5. The average Bonchev–Trinajstić information content (AvgIpc) is 2.87. The molecular formula is C17H18ClNO3S2. The summed E-state index contributed by atoms with van der Waals surface area (Å²) in [6.45, 7) is 5.85. The van der Waals surface area contributed by atoms with Crippen LogP contribution in [-0.4, -0.2) is 24.2 Å². The molecule has 0 bridgehead atoms. The van der Waals surface area contributed by atoms with Crippen molar-refractivity contribution >= 4 is 52.3 Å². The Hall–Kier alpha value is -1.50. The molecule has 1 aromatic heterocycles. The van der Waals surface area contributed by atoms with Gasteiger partial charge in [-0.2, -0.15) is 0 Å². The van der Waals surface area contributed by atoms with Gasteiger partial charge in [0, 0.05) is 10.7 Å². The zero-order chi connectivity index (χ0) is 17.7. The number of nitrogens with one attached hydrogen (secondary N) is 1. The first-order valence-corrected chi connectivity index (χ1v) is 9.66. The molecule has 1 heterocycles. The molecule has 1 amide bonds. The topological polar surface area (TPSA) is 55.4 Å². The van der Waals surface area contributed by atoms with Gasteiger partial charge in [-0.05, 0) is 49.4 Å². The number of hydrogen-bond donors (Lipinski definition) is 1. The summed E-state index contributed by atoms with van der Waals surface area (Å²) in [5, 5.41) is 3.46. The highest BCUT2D eigenvalue weighted by atomic mass is 35.5. The van der Waals surface area contributed by atoms with Crippen LogP contribution in [0.25, 0.3) is 0 Å². The fraction of sp³-hybridized carbons (Fsp3) is 0.294. The maximum absolute atomic E-state index is 12.7. The summed E-state index contributed by atoms with van der Waals surface area (Å²) >= 11 is 8.71. The minimum atomic E-state index is -0.386. The van der Waals surface area contributed by atoms with Crippen LogP contribution in [0.5, 0.6) is 0 Å². The maximum Gasteiger partial charge on any atom is 0.348 e. The normalized spacial score (nSPS) is 10.5. The third-order valence-electron chi connectivity index (χ3n) is 3.18. The molecule has 0 aliphatic heterocycles. The number of carbonyl (C=O) groups is 2. The van der Waals surface area contributed by atoms with E-state index in [0.29, 0.717) is 33.3 Å². The monoisotopic (exact) mass is 383 g/mol. The fourth-order valence-electron chi connectivity index (χ4n) is 2.10. The first-order valence-electron chi connectivity index (χ1n) is 7.48.